The van der Waals surface area contributed by atoms with Gasteiger partial charge in [-0.2, -0.15) is 5.10 Å². The fourth-order valence-corrected chi connectivity index (χ4v) is 2.32. The molecule has 3 rings (SSSR count). The third kappa shape index (κ3) is 1.35. The van der Waals surface area contributed by atoms with Gasteiger partial charge in [0, 0.05) is 13.5 Å². The lowest BCUT2D eigenvalue weighted by molar-refractivity contribution is -0.156. The highest BCUT2D eigenvalue weighted by Gasteiger charge is 2.44. The van der Waals surface area contributed by atoms with E-state index in [4.69, 9.17) is 21.7 Å². The summed E-state index contributed by atoms with van der Waals surface area (Å²) in [5.74, 6) is -0.0358. The number of hydrogen-bond donors (Lipinski definition) is 0. The quantitative estimate of drug-likeness (QED) is 0.658. The molecule has 16 heavy (non-hydrogen) atoms. The first kappa shape index (κ1) is 10.1. The number of hydrogen-bond acceptors (Lipinski definition) is 5. The standard InChI is InChI=1S/C9H11N3O3S/c1-11-4-10-12(9(11)16)5-2-6(13)8-14-3-7(5)15-8/h4-5,7-8H,2-3H2,1H3/t5-,7-,8-/m0/s1. The Balaban J connectivity index is 1.98. The number of fused-ring (bicyclic) bond motifs is 2. The second kappa shape index (κ2) is 3.47. The van der Waals surface area contributed by atoms with E-state index in [1.54, 1.807) is 15.6 Å². The van der Waals surface area contributed by atoms with Crippen molar-refractivity contribution in [2.45, 2.75) is 24.9 Å². The van der Waals surface area contributed by atoms with Crippen molar-refractivity contribution >= 4 is 18.0 Å². The van der Waals surface area contributed by atoms with Crippen molar-refractivity contribution in [2.75, 3.05) is 6.61 Å². The number of aryl methyl sites for hydroxylation is 1. The highest BCUT2D eigenvalue weighted by atomic mass is 32.1. The monoisotopic (exact) mass is 241 g/mol. The van der Waals surface area contributed by atoms with Gasteiger partial charge < -0.3 is 14.0 Å². The van der Waals surface area contributed by atoms with Crippen molar-refractivity contribution in [1.82, 2.24) is 14.3 Å². The van der Waals surface area contributed by atoms with Gasteiger partial charge in [-0.3, -0.25) is 4.79 Å². The van der Waals surface area contributed by atoms with Crippen LogP contribution in [-0.2, 0) is 21.3 Å². The molecule has 0 amide bonds. The molecule has 2 saturated heterocycles. The molecule has 1 aromatic rings. The zero-order valence-corrected chi connectivity index (χ0v) is 9.51. The van der Waals surface area contributed by atoms with Crippen LogP contribution >= 0.6 is 12.2 Å². The summed E-state index contributed by atoms with van der Waals surface area (Å²) in [5.41, 5.74) is 0. The van der Waals surface area contributed by atoms with Crippen molar-refractivity contribution in [3.05, 3.63) is 11.1 Å². The topological polar surface area (TPSA) is 58.3 Å². The average molecular weight is 241 g/mol. The van der Waals surface area contributed by atoms with Gasteiger partial charge in [0.25, 0.3) is 0 Å². The summed E-state index contributed by atoms with van der Waals surface area (Å²) in [7, 11) is 1.82. The first-order valence-corrected chi connectivity index (χ1v) is 5.47. The predicted octanol–water partition coefficient (Wildman–Crippen LogP) is 0.206. The zero-order valence-electron chi connectivity index (χ0n) is 8.70. The van der Waals surface area contributed by atoms with E-state index < -0.39 is 6.29 Å². The SMILES string of the molecule is Cn1cnn([C@H]2CC(=O)[C@H]3OC[C@@H]2O3)c1=S. The van der Waals surface area contributed by atoms with Gasteiger partial charge in [0.05, 0.1) is 12.6 Å². The molecule has 3 atom stereocenters. The molecule has 0 spiro atoms. The van der Waals surface area contributed by atoms with Gasteiger partial charge in [-0.1, -0.05) is 0 Å². The normalized spacial score (nSPS) is 33.3. The Kier molecular flexibility index (Phi) is 2.20. The first-order valence-electron chi connectivity index (χ1n) is 5.07. The Morgan fingerprint density at radius 3 is 3.12 bits per heavy atom. The van der Waals surface area contributed by atoms with Crippen LogP contribution in [0.2, 0.25) is 0 Å². The molecule has 0 radical (unpaired) electrons. The van der Waals surface area contributed by atoms with Crippen LogP contribution in [0.15, 0.2) is 6.33 Å². The summed E-state index contributed by atoms with van der Waals surface area (Å²) in [6.45, 7) is 0.430. The number of rotatable bonds is 1. The Morgan fingerprint density at radius 2 is 2.44 bits per heavy atom. The van der Waals surface area contributed by atoms with Gasteiger partial charge in [-0.25, -0.2) is 4.68 Å². The molecule has 86 valence electrons. The first-order chi connectivity index (χ1) is 7.66. The summed E-state index contributed by atoms with van der Waals surface area (Å²) in [5, 5.41) is 4.18. The van der Waals surface area contributed by atoms with Crippen LogP contribution < -0.4 is 0 Å². The van der Waals surface area contributed by atoms with Crippen molar-refractivity contribution in [3.8, 4) is 0 Å². The van der Waals surface area contributed by atoms with Crippen LogP contribution in [0.3, 0.4) is 0 Å². The number of carbonyl (C=O) groups excluding carboxylic acids is 1. The van der Waals surface area contributed by atoms with Crippen LogP contribution in [0.5, 0.6) is 0 Å². The van der Waals surface area contributed by atoms with E-state index in [9.17, 15) is 4.79 Å². The summed E-state index contributed by atoms with van der Waals surface area (Å²) in [4.78, 5) is 11.6. The van der Waals surface area contributed by atoms with Crippen LogP contribution in [0.25, 0.3) is 0 Å². The lowest BCUT2D eigenvalue weighted by Gasteiger charge is -2.26. The van der Waals surface area contributed by atoms with Crippen LogP contribution in [0.4, 0.5) is 0 Å². The van der Waals surface area contributed by atoms with E-state index in [-0.39, 0.29) is 17.9 Å². The van der Waals surface area contributed by atoms with E-state index in [1.165, 1.54) is 0 Å². The summed E-state index contributed by atoms with van der Waals surface area (Å²) < 4.78 is 14.7. The number of ketones is 1. The maximum Gasteiger partial charge on any atom is 0.218 e. The van der Waals surface area contributed by atoms with Gasteiger partial charge in [0.15, 0.2) is 10.6 Å². The highest BCUT2D eigenvalue weighted by molar-refractivity contribution is 7.71. The lowest BCUT2D eigenvalue weighted by atomic mass is 10.0. The largest absolute Gasteiger partial charge is 0.343 e. The molecular formula is C9H11N3O3S. The fraction of sp³-hybridized carbons (Fsp3) is 0.667. The van der Waals surface area contributed by atoms with Gasteiger partial charge in [-0.15, -0.1) is 0 Å². The Bertz CT molecular complexity index is 494. The van der Waals surface area contributed by atoms with Gasteiger partial charge in [-0.05, 0) is 12.2 Å². The van der Waals surface area contributed by atoms with Crippen molar-refractivity contribution in [3.63, 3.8) is 0 Å². The number of nitrogens with zero attached hydrogens (tertiary/aromatic N) is 3. The Hall–Kier alpha value is -1.05. The van der Waals surface area contributed by atoms with Crippen molar-refractivity contribution < 1.29 is 14.3 Å². The van der Waals surface area contributed by atoms with Gasteiger partial charge in [0.1, 0.15) is 12.4 Å². The molecule has 7 heteroatoms. The van der Waals surface area contributed by atoms with Gasteiger partial charge >= 0.3 is 0 Å². The molecule has 0 N–H and O–H groups in total. The summed E-state index contributed by atoms with van der Waals surface area (Å²) in [6, 6.07) is -0.139. The molecule has 2 aliphatic heterocycles. The third-order valence-electron chi connectivity index (χ3n) is 2.97. The number of ether oxygens (including phenoxy) is 2. The molecule has 6 nitrogen and oxygen atoms in total. The van der Waals surface area contributed by atoms with E-state index >= 15 is 0 Å². The maximum absolute atomic E-state index is 11.6. The van der Waals surface area contributed by atoms with E-state index in [0.29, 0.717) is 17.8 Å². The summed E-state index contributed by atoms with van der Waals surface area (Å²) >= 11 is 5.22. The number of carbonyl (C=O) groups is 1. The zero-order chi connectivity index (χ0) is 11.3. The minimum absolute atomic E-state index is 0.0358. The molecule has 0 saturated carbocycles. The molecular weight excluding hydrogens is 230 g/mol. The molecule has 2 aliphatic rings. The highest BCUT2D eigenvalue weighted by Crippen LogP contribution is 2.32. The van der Waals surface area contributed by atoms with E-state index in [0.717, 1.165) is 0 Å². The van der Waals surface area contributed by atoms with Crippen LogP contribution in [0, 0.1) is 4.77 Å². The molecule has 1 aromatic heterocycles. The minimum Gasteiger partial charge on any atom is -0.343 e. The third-order valence-corrected chi connectivity index (χ3v) is 3.45. The molecule has 0 aromatic carbocycles. The van der Waals surface area contributed by atoms with E-state index in [2.05, 4.69) is 5.10 Å². The minimum atomic E-state index is -0.667. The Morgan fingerprint density at radius 1 is 1.62 bits per heavy atom. The predicted molar refractivity (Wildman–Crippen MR) is 55.3 cm³/mol. The van der Waals surface area contributed by atoms with Crippen molar-refractivity contribution in [1.29, 1.82) is 0 Å². The Labute approximate surface area is 96.8 Å². The maximum atomic E-state index is 11.6. The number of Topliss-reactive ketones (excluding diaryl/α,β-unsaturated/α-hetero) is 1. The van der Waals surface area contributed by atoms with E-state index in [1.807, 2.05) is 7.05 Å². The molecule has 3 heterocycles. The second-order valence-corrected chi connectivity index (χ2v) is 4.41. The van der Waals surface area contributed by atoms with Gasteiger partial charge in [0.2, 0.25) is 6.29 Å². The smallest absolute Gasteiger partial charge is 0.218 e. The number of aromatic nitrogens is 3. The molecule has 2 bridgehead atoms. The van der Waals surface area contributed by atoms with Crippen LogP contribution in [0.1, 0.15) is 12.5 Å². The molecule has 0 unspecified atom stereocenters. The summed E-state index contributed by atoms with van der Waals surface area (Å²) in [6.07, 6.45) is 1.22. The molecule has 2 fully saturated rings. The second-order valence-electron chi connectivity index (χ2n) is 4.05. The molecule has 0 aliphatic carbocycles. The van der Waals surface area contributed by atoms with Crippen molar-refractivity contribution in [2.24, 2.45) is 7.05 Å². The lowest BCUT2D eigenvalue weighted by Crippen LogP contribution is -2.37. The average Bonchev–Trinajstić information content (AvgIpc) is 2.82. The fourth-order valence-electron chi connectivity index (χ4n) is 2.09. The van der Waals surface area contributed by atoms with Crippen LogP contribution in [-0.4, -0.2) is 39.1 Å².